The van der Waals surface area contributed by atoms with Crippen LogP contribution in [0.1, 0.15) is 17.5 Å². The van der Waals surface area contributed by atoms with Crippen LogP contribution in [0.3, 0.4) is 0 Å². The Labute approximate surface area is 115 Å². The van der Waals surface area contributed by atoms with E-state index in [1.54, 1.807) is 0 Å². The van der Waals surface area contributed by atoms with Crippen molar-refractivity contribution in [3.05, 3.63) is 29.3 Å². The fourth-order valence-electron chi connectivity index (χ4n) is 2.64. The van der Waals surface area contributed by atoms with E-state index in [2.05, 4.69) is 36.9 Å². The first-order valence-corrected chi connectivity index (χ1v) is 6.72. The summed E-state index contributed by atoms with van der Waals surface area (Å²) in [6.45, 7) is 4.25. The second-order valence-corrected chi connectivity index (χ2v) is 5.63. The summed E-state index contributed by atoms with van der Waals surface area (Å²) in [6.07, 6.45) is 1.19. The van der Waals surface area contributed by atoms with Crippen molar-refractivity contribution in [3.63, 3.8) is 0 Å². The van der Waals surface area contributed by atoms with E-state index in [0.29, 0.717) is 11.0 Å². The van der Waals surface area contributed by atoms with Crippen molar-refractivity contribution in [1.82, 2.24) is 4.90 Å². The van der Waals surface area contributed by atoms with Crippen LogP contribution in [-0.2, 0) is 0 Å². The average Bonchev–Trinajstić information content (AvgIpc) is 2.77. The molecule has 1 aliphatic rings. The number of aryl methyl sites for hydroxylation is 1. The van der Waals surface area contributed by atoms with Gasteiger partial charge in [0.25, 0.3) is 0 Å². The van der Waals surface area contributed by atoms with Gasteiger partial charge < -0.3 is 15.5 Å². The molecule has 1 aromatic rings. The van der Waals surface area contributed by atoms with Crippen molar-refractivity contribution in [3.8, 4) is 0 Å². The lowest BCUT2D eigenvalue weighted by Gasteiger charge is -2.25. The molecule has 0 amide bonds. The zero-order valence-corrected chi connectivity index (χ0v) is 12.1. The van der Waals surface area contributed by atoms with E-state index in [9.17, 15) is 0 Å². The molecule has 98 valence electrons. The number of hydrogen-bond donors (Lipinski definition) is 1. The van der Waals surface area contributed by atoms with Gasteiger partial charge >= 0.3 is 0 Å². The Morgan fingerprint density at radius 1 is 1.44 bits per heavy atom. The zero-order valence-electron chi connectivity index (χ0n) is 11.3. The van der Waals surface area contributed by atoms with Crippen LogP contribution in [0.5, 0.6) is 0 Å². The summed E-state index contributed by atoms with van der Waals surface area (Å²) in [5, 5.41) is 0. The van der Waals surface area contributed by atoms with Crippen molar-refractivity contribution in [2.24, 2.45) is 5.73 Å². The number of rotatable bonds is 3. The molecule has 3 nitrogen and oxygen atoms in total. The lowest BCUT2D eigenvalue weighted by Crippen LogP contribution is -2.32. The molecule has 0 saturated carbocycles. The minimum absolute atomic E-state index is 0.488. The molecule has 0 radical (unpaired) electrons. The number of benzene rings is 1. The third-order valence-corrected chi connectivity index (χ3v) is 3.93. The number of thiocarbonyl (C=S) groups is 1. The first-order valence-electron chi connectivity index (χ1n) is 6.31. The van der Waals surface area contributed by atoms with E-state index >= 15 is 0 Å². The number of likely N-dealkylation sites (N-methyl/N-ethyl adjacent to an activating group) is 1. The lowest BCUT2D eigenvalue weighted by atomic mass is 10.1. The predicted molar refractivity (Wildman–Crippen MR) is 81.4 cm³/mol. The molecular weight excluding hydrogens is 242 g/mol. The van der Waals surface area contributed by atoms with Crippen molar-refractivity contribution >= 4 is 22.9 Å². The third-order valence-electron chi connectivity index (χ3n) is 3.71. The van der Waals surface area contributed by atoms with Gasteiger partial charge in [-0.3, -0.25) is 0 Å². The van der Waals surface area contributed by atoms with Gasteiger partial charge in [-0.2, -0.15) is 0 Å². The summed E-state index contributed by atoms with van der Waals surface area (Å²) < 4.78 is 0. The highest BCUT2D eigenvalue weighted by molar-refractivity contribution is 7.80. The summed E-state index contributed by atoms with van der Waals surface area (Å²) in [5.74, 6) is 0. The van der Waals surface area contributed by atoms with Crippen LogP contribution in [0.15, 0.2) is 18.2 Å². The van der Waals surface area contributed by atoms with E-state index in [-0.39, 0.29) is 0 Å². The molecule has 1 aromatic carbocycles. The molecule has 1 aliphatic heterocycles. The molecule has 0 aliphatic carbocycles. The van der Waals surface area contributed by atoms with E-state index in [1.165, 1.54) is 17.7 Å². The molecule has 2 N–H and O–H groups in total. The van der Waals surface area contributed by atoms with Crippen molar-refractivity contribution in [2.75, 3.05) is 32.1 Å². The highest BCUT2D eigenvalue weighted by Gasteiger charge is 2.26. The monoisotopic (exact) mass is 263 g/mol. The van der Waals surface area contributed by atoms with E-state index in [1.807, 2.05) is 12.1 Å². The van der Waals surface area contributed by atoms with Crippen LogP contribution in [0, 0.1) is 6.92 Å². The number of anilines is 1. The van der Waals surface area contributed by atoms with Gasteiger partial charge in [0.1, 0.15) is 4.99 Å². The molecule has 4 heteroatoms. The third kappa shape index (κ3) is 2.49. The lowest BCUT2D eigenvalue weighted by molar-refractivity contribution is 0.315. The minimum Gasteiger partial charge on any atom is -0.389 e. The van der Waals surface area contributed by atoms with Gasteiger partial charge in [-0.15, -0.1) is 0 Å². The predicted octanol–water partition coefficient (Wildman–Crippen LogP) is 1.77. The standard InChI is InChI=1S/C14H21N3S/c1-10-5-4-6-12(14(15)18)13(10)17-8-7-11(9-17)16(2)3/h4-6,11H,7-9H2,1-3H3,(H2,15,18). The van der Waals surface area contributed by atoms with Crippen LogP contribution in [0.25, 0.3) is 0 Å². The number of para-hydroxylation sites is 1. The van der Waals surface area contributed by atoms with Crippen LogP contribution in [0.2, 0.25) is 0 Å². The van der Waals surface area contributed by atoms with Gasteiger partial charge in [-0.25, -0.2) is 0 Å². The fourth-order valence-corrected chi connectivity index (χ4v) is 2.81. The Bertz CT molecular complexity index is 456. The quantitative estimate of drug-likeness (QED) is 0.843. The van der Waals surface area contributed by atoms with Crippen LogP contribution in [0.4, 0.5) is 5.69 Å². The molecular formula is C14H21N3S. The molecule has 1 unspecified atom stereocenters. The largest absolute Gasteiger partial charge is 0.389 e. The summed E-state index contributed by atoms with van der Waals surface area (Å²) in [4.78, 5) is 5.19. The molecule has 2 rings (SSSR count). The second kappa shape index (κ2) is 5.24. The molecule has 18 heavy (non-hydrogen) atoms. The smallest absolute Gasteiger partial charge is 0.106 e. The number of nitrogens with zero attached hydrogens (tertiary/aromatic N) is 2. The minimum atomic E-state index is 0.488. The summed E-state index contributed by atoms with van der Waals surface area (Å²) in [7, 11) is 4.28. The molecule has 0 aromatic heterocycles. The molecule has 1 fully saturated rings. The maximum atomic E-state index is 5.84. The Hall–Kier alpha value is -1.13. The van der Waals surface area contributed by atoms with Gasteiger partial charge in [0.05, 0.1) is 0 Å². The van der Waals surface area contributed by atoms with E-state index in [4.69, 9.17) is 18.0 Å². The molecule has 1 atom stereocenters. The first-order chi connectivity index (χ1) is 8.50. The molecule has 0 bridgehead atoms. The Morgan fingerprint density at radius 2 is 2.17 bits per heavy atom. The van der Waals surface area contributed by atoms with Crippen LogP contribution >= 0.6 is 12.2 Å². The van der Waals surface area contributed by atoms with Gasteiger partial charge in [0, 0.05) is 30.4 Å². The maximum absolute atomic E-state index is 5.84. The topological polar surface area (TPSA) is 32.5 Å². The fraction of sp³-hybridized carbons (Fsp3) is 0.500. The van der Waals surface area contributed by atoms with Crippen LogP contribution < -0.4 is 10.6 Å². The van der Waals surface area contributed by atoms with Crippen molar-refractivity contribution in [2.45, 2.75) is 19.4 Å². The summed E-state index contributed by atoms with van der Waals surface area (Å²) in [5.41, 5.74) is 9.31. The highest BCUT2D eigenvalue weighted by Crippen LogP contribution is 2.29. The Morgan fingerprint density at radius 3 is 2.72 bits per heavy atom. The molecule has 0 spiro atoms. The SMILES string of the molecule is Cc1cccc(C(N)=S)c1N1CCC(N(C)C)C1. The summed E-state index contributed by atoms with van der Waals surface area (Å²) >= 11 is 5.17. The van der Waals surface area contributed by atoms with Gasteiger partial charge in [0.2, 0.25) is 0 Å². The Kier molecular flexibility index (Phi) is 3.88. The average molecular weight is 263 g/mol. The molecule has 1 saturated heterocycles. The van der Waals surface area contributed by atoms with Gasteiger partial charge in [-0.05, 0) is 39.1 Å². The number of hydrogen-bond acceptors (Lipinski definition) is 3. The highest BCUT2D eigenvalue weighted by atomic mass is 32.1. The van der Waals surface area contributed by atoms with Crippen LogP contribution in [-0.4, -0.2) is 43.1 Å². The van der Waals surface area contributed by atoms with E-state index in [0.717, 1.165) is 18.7 Å². The normalized spacial score (nSPS) is 19.6. The maximum Gasteiger partial charge on any atom is 0.106 e. The van der Waals surface area contributed by atoms with Gasteiger partial charge in [-0.1, -0.05) is 24.4 Å². The van der Waals surface area contributed by atoms with Gasteiger partial charge in [0.15, 0.2) is 0 Å². The van der Waals surface area contributed by atoms with E-state index < -0.39 is 0 Å². The number of nitrogens with two attached hydrogens (primary N) is 1. The van der Waals surface area contributed by atoms with Crippen molar-refractivity contribution in [1.29, 1.82) is 0 Å². The van der Waals surface area contributed by atoms with Crippen molar-refractivity contribution < 1.29 is 0 Å². The zero-order chi connectivity index (χ0) is 13.3. The second-order valence-electron chi connectivity index (χ2n) is 5.19. The first kappa shape index (κ1) is 13.3. The summed E-state index contributed by atoms with van der Waals surface area (Å²) in [6, 6.07) is 6.78. The molecule has 1 heterocycles. The Balaban J connectivity index is 2.32.